The molecule has 0 saturated carbocycles. The number of urea groups is 1. The standard InChI is InChI=1S/C13H25N3O/c1-2-3-7-14-13(17)16-10-5-9-15-8-4-6-12(15)11-16/h12H,2-11H2,1H3,(H,14,17). The number of carbonyl (C=O) groups excluding carboxylic acids is 1. The molecule has 0 bridgehead atoms. The molecule has 2 heterocycles. The Morgan fingerprint density at radius 1 is 1.29 bits per heavy atom. The van der Waals surface area contributed by atoms with Crippen molar-refractivity contribution in [3.8, 4) is 0 Å². The molecular formula is C13H25N3O. The molecule has 2 fully saturated rings. The third-order valence-electron chi connectivity index (χ3n) is 3.90. The highest BCUT2D eigenvalue weighted by Gasteiger charge is 2.30. The monoisotopic (exact) mass is 239 g/mol. The summed E-state index contributed by atoms with van der Waals surface area (Å²) in [4.78, 5) is 16.6. The maximum absolute atomic E-state index is 12.0. The van der Waals surface area contributed by atoms with E-state index >= 15 is 0 Å². The van der Waals surface area contributed by atoms with Crippen molar-refractivity contribution in [1.29, 1.82) is 0 Å². The Kier molecular flexibility index (Phi) is 4.66. The summed E-state index contributed by atoms with van der Waals surface area (Å²) in [7, 11) is 0. The van der Waals surface area contributed by atoms with Crippen LogP contribution in [0.25, 0.3) is 0 Å². The van der Waals surface area contributed by atoms with Gasteiger partial charge in [-0.2, -0.15) is 0 Å². The van der Waals surface area contributed by atoms with Crippen molar-refractivity contribution in [3.63, 3.8) is 0 Å². The van der Waals surface area contributed by atoms with E-state index in [4.69, 9.17) is 0 Å². The Morgan fingerprint density at radius 2 is 2.12 bits per heavy atom. The van der Waals surface area contributed by atoms with E-state index in [9.17, 15) is 4.79 Å². The van der Waals surface area contributed by atoms with Crippen LogP contribution >= 0.6 is 0 Å². The number of fused-ring (bicyclic) bond motifs is 1. The Morgan fingerprint density at radius 3 is 2.94 bits per heavy atom. The van der Waals surface area contributed by atoms with Crippen molar-refractivity contribution in [2.75, 3.05) is 32.7 Å². The lowest BCUT2D eigenvalue weighted by Crippen LogP contribution is -2.44. The van der Waals surface area contributed by atoms with E-state index in [1.807, 2.05) is 4.90 Å². The Labute approximate surface area is 104 Å². The summed E-state index contributed by atoms with van der Waals surface area (Å²) in [6, 6.07) is 0.765. The van der Waals surface area contributed by atoms with Gasteiger partial charge in [-0.15, -0.1) is 0 Å². The predicted molar refractivity (Wildman–Crippen MR) is 69.1 cm³/mol. The molecule has 0 aliphatic carbocycles. The van der Waals surface area contributed by atoms with E-state index in [2.05, 4.69) is 17.1 Å². The third-order valence-corrected chi connectivity index (χ3v) is 3.90. The zero-order chi connectivity index (χ0) is 12.1. The van der Waals surface area contributed by atoms with Gasteiger partial charge in [0.25, 0.3) is 0 Å². The minimum Gasteiger partial charge on any atom is -0.338 e. The van der Waals surface area contributed by atoms with E-state index in [0.29, 0.717) is 6.04 Å². The molecule has 1 atom stereocenters. The van der Waals surface area contributed by atoms with E-state index in [1.165, 1.54) is 25.9 Å². The van der Waals surface area contributed by atoms with Gasteiger partial charge in [0.1, 0.15) is 0 Å². The first-order valence-corrected chi connectivity index (χ1v) is 7.08. The normalized spacial score (nSPS) is 25.5. The van der Waals surface area contributed by atoms with Gasteiger partial charge in [0, 0.05) is 32.2 Å². The van der Waals surface area contributed by atoms with Gasteiger partial charge in [-0.1, -0.05) is 13.3 Å². The summed E-state index contributed by atoms with van der Waals surface area (Å²) in [5.41, 5.74) is 0. The SMILES string of the molecule is CCCCNC(=O)N1CCCN2CCCC2C1. The lowest BCUT2D eigenvalue weighted by molar-refractivity contribution is 0.188. The second kappa shape index (κ2) is 6.24. The van der Waals surface area contributed by atoms with E-state index in [0.717, 1.165) is 38.9 Å². The van der Waals surface area contributed by atoms with Gasteiger partial charge >= 0.3 is 6.03 Å². The summed E-state index contributed by atoms with van der Waals surface area (Å²) in [5, 5.41) is 3.03. The van der Waals surface area contributed by atoms with Crippen LogP contribution in [0.3, 0.4) is 0 Å². The van der Waals surface area contributed by atoms with Crippen LogP contribution in [0.4, 0.5) is 4.79 Å². The molecule has 4 heteroatoms. The third kappa shape index (κ3) is 3.35. The molecule has 2 aliphatic rings. The summed E-state index contributed by atoms with van der Waals surface area (Å²) >= 11 is 0. The molecule has 2 saturated heterocycles. The first-order chi connectivity index (χ1) is 8.31. The van der Waals surface area contributed by atoms with Gasteiger partial charge < -0.3 is 10.2 Å². The highest BCUT2D eigenvalue weighted by molar-refractivity contribution is 5.74. The van der Waals surface area contributed by atoms with Crippen LogP contribution in [0, 0.1) is 0 Å². The highest BCUT2D eigenvalue weighted by Crippen LogP contribution is 2.21. The quantitative estimate of drug-likeness (QED) is 0.760. The largest absolute Gasteiger partial charge is 0.338 e. The maximum atomic E-state index is 12.0. The van der Waals surface area contributed by atoms with Crippen LogP contribution in [-0.4, -0.2) is 54.6 Å². The zero-order valence-corrected chi connectivity index (χ0v) is 11.0. The molecule has 2 rings (SSSR count). The van der Waals surface area contributed by atoms with Crippen molar-refractivity contribution < 1.29 is 4.79 Å². The molecule has 2 aliphatic heterocycles. The van der Waals surface area contributed by atoms with Crippen LogP contribution in [0.5, 0.6) is 0 Å². The lowest BCUT2D eigenvalue weighted by Gasteiger charge is -2.25. The Balaban J connectivity index is 1.81. The van der Waals surface area contributed by atoms with Crippen molar-refractivity contribution in [1.82, 2.24) is 15.1 Å². The number of nitrogens with one attached hydrogen (secondary N) is 1. The molecule has 1 unspecified atom stereocenters. The fraction of sp³-hybridized carbons (Fsp3) is 0.923. The fourth-order valence-corrected chi connectivity index (χ4v) is 2.87. The van der Waals surface area contributed by atoms with Gasteiger partial charge in [0.15, 0.2) is 0 Å². The molecule has 17 heavy (non-hydrogen) atoms. The van der Waals surface area contributed by atoms with E-state index in [-0.39, 0.29) is 6.03 Å². The van der Waals surface area contributed by atoms with Crippen LogP contribution in [-0.2, 0) is 0 Å². The number of nitrogens with zero attached hydrogens (tertiary/aromatic N) is 2. The average Bonchev–Trinajstić information content (AvgIpc) is 2.66. The summed E-state index contributed by atoms with van der Waals surface area (Å²) in [5.74, 6) is 0. The Hall–Kier alpha value is -0.770. The number of rotatable bonds is 3. The number of carbonyl (C=O) groups is 1. The predicted octanol–water partition coefficient (Wildman–Crippen LogP) is 1.67. The van der Waals surface area contributed by atoms with Gasteiger partial charge in [-0.05, 0) is 32.2 Å². The van der Waals surface area contributed by atoms with Gasteiger partial charge in [-0.3, -0.25) is 4.90 Å². The van der Waals surface area contributed by atoms with Crippen molar-refractivity contribution >= 4 is 6.03 Å². The highest BCUT2D eigenvalue weighted by atomic mass is 16.2. The van der Waals surface area contributed by atoms with Crippen LogP contribution in [0.2, 0.25) is 0 Å². The second-order valence-corrected chi connectivity index (χ2v) is 5.22. The Bertz CT molecular complexity index is 257. The van der Waals surface area contributed by atoms with Gasteiger partial charge in [0.05, 0.1) is 0 Å². The minimum atomic E-state index is 0.146. The molecule has 0 aromatic carbocycles. The average molecular weight is 239 g/mol. The lowest BCUT2D eigenvalue weighted by atomic mass is 10.2. The number of hydrogen-bond donors (Lipinski definition) is 1. The van der Waals surface area contributed by atoms with Crippen molar-refractivity contribution in [2.45, 2.75) is 45.1 Å². The second-order valence-electron chi connectivity index (χ2n) is 5.22. The van der Waals surface area contributed by atoms with E-state index < -0.39 is 0 Å². The molecule has 98 valence electrons. The van der Waals surface area contributed by atoms with Crippen LogP contribution in [0.1, 0.15) is 39.0 Å². The first-order valence-electron chi connectivity index (χ1n) is 7.08. The molecule has 2 amide bonds. The smallest absolute Gasteiger partial charge is 0.317 e. The summed E-state index contributed by atoms with van der Waals surface area (Å²) in [6.07, 6.45) is 5.90. The summed E-state index contributed by atoms with van der Waals surface area (Å²) < 4.78 is 0. The molecule has 1 N–H and O–H groups in total. The first kappa shape index (κ1) is 12.7. The van der Waals surface area contributed by atoms with Crippen molar-refractivity contribution in [2.24, 2.45) is 0 Å². The molecule has 0 spiro atoms. The molecule has 0 aromatic heterocycles. The van der Waals surface area contributed by atoms with Crippen LogP contribution in [0.15, 0.2) is 0 Å². The zero-order valence-electron chi connectivity index (χ0n) is 11.0. The number of unbranched alkanes of at least 4 members (excludes halogenated alkanes) is 1. The van der Waals surface area contributed by atoms with Gasteiger partial charge in [0.2, 0.25) is 0 Å². The van der Waals surface area contributed by atoms with E-state index in [1.54, 1.807) is 0 Å². The maximum Gasteiger partial charge on any atom is 0.317 e. The molecule has 0 radical (unpaired) electrons. The fourth-order valence-electron chi connectivity index (χ4n) is 2.87. The van der Waals surface area contributed by atoms with Gasteiger partial charge in [-0.25, -0.2) is 4.79 Å². The topological polar surface area (TPSA) is 35.6 Å². The molecule has 4 nitrogen and oxygen atoms in total. The number of hydrogen-bond acceptors (Lipinski definition) is 2. The minimum absolute atomic E-state index is 0.146. The van der Waals surface area contributed by atoms with Crippen molar-refractivity contribution in [3.05, 3.63) is 0 Å². The summed E-state index contributed by atoms with van der Waals surface area (Å²) in [6.45, 7) is 7.22. The van der Waals surface area contributed by atoms with Crippen LogP contribution < -0.4 is 5.32 Å². The molecular weight excluding hydrogens is 214 g/mol. The number of amides is 2. The molecule has 0 aromatic rings.